The van der Waals surface area contributed by atoms with E-state index in [0.717, 1.165) is 25.9 Å². The first kappa shape index (κ1) is 18.0. The number of sulfonamides is 1. The van der Waals surface area contributed by atoms with Crippen molar-refractivity contribution in [2.75, 3.05) is 24.5 Å². The Balaban J connectivity index is 1.46. The van der Waals surface area contributed by atoms with Crippen molar-refractivity contribution in [1.82, 2.24) is 4.72 Å². The van der Waals surface area contributed by atoms with Gasteiger partial charge in [-0.2, -0.15) is 0 Å². The van der Waals surface area contributed by atoms with Crippen LogP contribution in [0.15, 0.2) is 59.5 Å². The number of benzene rings is 2. The highest BCUT2D eigenvalue weighted by atomic mass is 32.2. The fourth-order valence-corrected chi connectivity index (χ4v) is 4.30. The monoisotopic (exact) mass is 358 g/mol. The molecule has 0 aromatic heterocycles. The third-order valence-corrected chi connectivity index (χ3v) is 6.12. The van der Waals surface area contributed by atoms with E-state index in [1.165, 1.54) is 30.5 Å². The van der Waals surface area contributed by atoms with Crippen molar-refractivity contribution in [1.29, 1.82) is 0 Å². The van der Waals surface area contributed by atoms with Gasteiger partial charge in [-0.05, 0) is 61.9 Å². The van der Waals surface area contributed by atoms with Crippen LogP contribution in [0.1, 0.15) is 31.2 Å². The summed E-state index contributed by atoms with van der Waals surface area (Å²) in [4.78, 5) is 2.77. The van der Waals surface area contributed by atoms with E-state index in [2.05, 4.69) is 33.9 Å². The zero-order valence-corrected chi connectivity index (χ0v) is 15.3. The maximum Gasteiger partial charge on any atom is 0.240 e. The lowest BCUT2D eigenvalue weighted by molar-refractivity contribution is 0.577. The summed E-state index contributed by atoms with van der Waals surface area (Å²) >= 11 is 0. The minimum atomic E-state index is -3.39. The van der Waals surface area contributed by atoms with Gasteiger partial charge in [0.25, 0.3) is 0 Å². The molecule has 1 N–H and O–H groups in total. The molecule has 25 heavy (non-hydrogen) atoms. The molecule has 1 aliphatic rings. The van der Waals surface area contributed by atoms with Gasteiger partial charge in [-0.15, -0.1) is 0 Å². The molecule has 0 unspecified atom stereocenters. The maximum absolute atomic E-state index is 12.1. The molecule has 1 saturated heterocycles. The van der Waals surface area contributed by atoms with Gasteiger partial charge in [-0.25, -0.2) is 13.1 Å². The highest BCUT2D eigenvalue weighted by Gasteiger charge is 2.12. The summed E-state index contributed by atoms with van der Waals surface area (Å²) in [7, 11) is -3.39. The molecule has 2 aromatic carbocycles. The topological polar surface area (TPSA) is 49.4 Å². The molecule has 1 fully saturated rings. The Hall–Kier alpha value is -1.85. The van der Waals surface area contributed by atoms with E-state index in [9.17, 15) is 8.42 Å². The van der Waals surface area contributed by atoms with Crippen LogP contribution in [0.2, 0.25) is 0 Å². The normalized spacial score (nSPS) is 15.3. The van der Waals surface area contributed by atoms with Crippen LogP contribution in [0, 0.1) is 0 Å². The summed E-state index contributed by atoms with van der Waals surface area (Å²) in [6.07, 6.45) is 5.56. The van der Waals surface area contributed by atoms with Gasteiger partial charge in [0, 0.05) is 25.3 Å². The van der Waals surface area contributed by atoms with Crippen molar-refractivity contribution in [3.8, 4) is 0 Å². The first-order chi connectivity index (χ1) is 12.1. The highest BCUT2D eigenvalue weighted by Crippen LogP contribution is 2.20. The number of piperidine rings is 1. The van der Waals surface area contributed by atoms with E-state index in [1.807, 2.05) is 6.07 Å². The van der Waals surface area contributed by atoms with E-state index < -0.39 is 10.0 Å². The first-order valence-corrected chi connectivity index (χ1v) is 10.5. The van der Waals surface area contributed by atoms with E-state index in [0.29, 0.717) is 11.4 Å². The van der Waals surface area contributed by atoms with Gasteiger partial charge >= 0.3 is 0 Å². The number of aryl methyl sites for hydroxylation is 1. The fraction of sp³-hybridized carbons (Fsp3) is 0.400. The predicted octanol–water partition coefficient (Wildman–Crippen LogP) is 3.59. The van der Waals surface area contributed by atoms with Crippen LogP contribution in [0.25, 0.3) is 0 Å². The Morgan fingerprint density at radius 3 is 2.24 bits per heavy atom. The average Bonchev–Trinajstić information content (AvgIpc) is 2.67. The second-order valence-electron chi connectivity index (χ2n) is 6.53. The molecule has 1 aliphatic heterocycles. The van der Waals surface area contributed by atoms with E-state index in [4.69, 9.17) is 0 Å². The standard InChI is InChI=1S/C20H26N2O2S/c23-25(24,20-9-3-1-4-10-20)21-15-7-8-18-11-13-19(14-12-18)22-16-5-2-6-17-22/h1,3-4,9-14,21H,2,5-8,15-17H2. The molecule has 0 saturated carbocycles. The molecular formula is C20H26N2O2S. The molecule has 0 radical (unpaired) electrons. The van der Waals surface area contributed by atoms with Crippen molar-refractivity contribution < 1.29 is 8.42 Å². The van der Waals surface area contributed by atoms with Crippen LogP contribution in [-0.4, -0.2) is 28.1 Å². The smallest absolute Gasteiger partial charge is 0.240 e. The van der Waals surface area contributed by atoms with Gasteiger partial charge in [0.2, 0.25) is 10.0 Å². The number of hydrogen-bond donors (Lipinski definition) is 1. The Morgan fingerprint density at radius 1 is 0.880 bits per heavy atom. The van der Waals surface area contributed by atoms with E-state index in [1.54, 1.807) is 24.3 Å². The summed E-state index contributed by atoms with van der Waals surface area (Å²) in [5, 5.41) is 0. The van der Waals surface area contributed by atoms with Crippen LogP contribution in [-0.2, 0) is 16.4 Å². The predicted molar refractivity (Wildman–Crippen MR) is 102 cm³/mol. The largest absolute Gasteiger partial charge is 0.372 e. The minimum absolute atomic E-state index is 0.320. The number of nitrogens with zero attached hydrogens (tertiary/aromatic N) is 1. The highest BCUT2D eigenvalue weighted by molar-refractivity contribution is 7.89. The average molecular weight is 359 g/mol. The molecule has 0 amide bonds. The fourth-order valence-electron chi connectivity index (χ4n) is 3.21. The van der Waals surface area contributed by atoms with Crippen molar-refractivity contribution in [2.24, 2.45) is 0 Å². The lowest BCUT2D eigenvalue weighted by Crippen LogP contribution is -2.29. The molecule has 5 heteroatoms. The Kier molecular flexibility index (Phi) is 6.10. The lowest BCUT2D eigenvalue weighted by Gasteiger charge is -2.28. The van der Waals surface area contributed by atoms with Gasteiger partial charge < -0.3 is 4.90 Å². The molecule has 0 bridgehead atoms. The third kappa shape index (κ3) is 5.06. The van der Waals surface area contributed by atoms with E-state index in [-0.39, 0.29) is 0 Å². The Bertz CT molecular complexity index is 752. The zero-order valence-electron chi connectivity index (χ0n) is 14.5. The van der Waals surface area contributed by atoms with Crippen LogP contribution in [0.3, 0.4) is 0 Å². The van der Waals surface area contributed by atoms with Gasteiger partial charge in [-0.3, -0.25) is 0 Å². The van der Waals surface area contributed by atoms with Crippen molar-refractivity contribution >= 4 is 15.7 Å². The minimum Gasteiger partial charge on any atom is -0.372 e. The second-order valence-corrected chi connectivity index (χ2v) is 8.30. The summed E-state index contributed by atoms with van der Waals surface area (Å²) in [5.41, 5.74) is 2.55. The molecule has 3 rings (SSSR count). The van der Waals surface area contributed by atoms with Crippen LogP contribution < -0.4 is 9.62 Å². The molecule has 0 atom stereocenters. The summed E-state index contributed by atoms with van der Waals surface area (Å²) in [6.45, 7) is 2.76. The molecule has 1 heterocycles. The SMILES string of the molecule is O=S(=O)(NCCCc1ccc(N2CCCCC2)cc1)c1ccccc1. The molecule has 0 aliphatic carbocycles. The molecule has 4 nitrogen and oxygen atoms in total. The van der Waals surface area contributed by atoms with Crippen molar-refractivity contribution in [3.63, 3.8) is 0 Å². The maximum atomic E-state index is 12.1. The third-order valence-electron chi connectivity index (χ3n) is 4.65. The van der Waals surface area contributed by atoms with Crippen LogP contribution in [0.4, 0.5) is 5.69 Å². The summed E-state index contributed by atoms with van der Waals surface area (Å²) in [6, 6.07) is 17.2. The lowest BCUT2D eigenvalue weighted by atomic mass is 10.1. The van der Waals surface area contributed by atoms with Crippen molar-refractivity contribution in [3.05, 3.63) is 60.2 Å². The quantitative estimate of drug-likeness (QED) is 0.770. The Labute approximate surface area is 150 Å². The first-order valence-electron chi connectivity index (χ1n) is 9.04. The number of hydrogen-bond acceptors (Lipinski definition) is 3. The van der Waals surface area contributed by atoms with Gasteiger partial charge in [0.05, 0.1) is 4.90 Å². The van der Waals surface area contributed by atoms with Gasteiger partial charge in [0.1, 0.15) is 0 Å². The van der Waals surface area contributed by atoms with Crippen molar-refractivity contribution in [2.45, 2.75) is 37.0 Å². The summed E-state index contributed by atoms with van der Waals surface area (Å²) in [5.74, 6) is 0. The van der Waals surface area contributed by atoms with E-state index >= 15 is 0 Å². The second kappa shape index (κ2) is 8.50. The van der Waals surface area contributed by atoms with Gasteiger partial charge in [-0.1, -0.05) is 30.3 Å². The van der Waals surface area contributed by atoms with Crippen LogP contribution in [0.5, 0.6) is 0 Å². The Morgan fingerprint density at radius 2 is 1.56 bits per heavy atom. The summed E-state index contributed by atoms with van der Waals surface area (Å²) < 4.78 is 27.0. The number of nitrogens with one attached hydrogen (secondary N) is 1. The molecule has 134 valence electrons. The molecule has 0 spiro atoms. The van der Waals surface area contributed by atoms with Crippen LogP contribution >= 0.6 is 0 Å². The zero-order chi connectivity index (χ0) is 17.5. The number of rotatable bonds is 7. The molecule has 2 aromatic rings. The molecular weight excluding hydrogens is 332 g/mol. The van der Waals surface area contributed by atoms with Gasteiger partial charge in [0.15, 0.2) is 0 Å². The number of anilines is 1.